The van der Waals surface area contributed by atoms with Gasteiger partial charge in [-0.2, -0.15) is 0 Å². The molecule has 1 heterocycles. The summed E-state index contributed by atoms with van der Waals surface area (Å²) in [5.74, 6) is 2.28. The molecule has 0 unspecified atom stereocenters. The van der Waals surface area contributed by atoms with E-state index >= 15 is 0 Å². The predicted octanol–water partition coefficient (Wildman–Crippen LogP) is 2.61. The lowest BCUT2D eigenvalue weighted by atomic mass is 10.0. The molecule has 0 spiro atoms. The van der Waals surface area contributed by atoms with Crippen molar-refractivity contribution in [1.82, 2.24) is 5.32 Å². The van der Waals surface area contributed by atoms with Crippen molar-refractivity contribution in [2.75, 3.05) is 33.5 Å². The van der Waals surface area contributed by atoms with Crippen molar-refractivity contribution >= 4 is 0 Å². The number of hydrogen-bond acceptors (Lipinski definition) is 4. The third-order valence-electron chi connectivity index (χ3n) is 3.50. The molecule has 20 heavy (non-hydrogen) atoms. The number of benzene rings is 1. The first kappa shape index (κ1) is 15.1. The van der Waals surface area contributed by atoms with Crippen molar-refractivity contribution in [2.45, 2.75) is 26.3 Å². The molecule has 0 radical (unpaired) electrons. The Hall–Kier alpha value is -1.26. The molecule has 0 saturated carbocycles. The van der Waals surface area contributed by atoms with E-state index in [-0.39, 0.29) is 0 Å². The van der Waals surface area contributed by atoms with Crippen LogP contribution in [-0.2, 0) is 11.3 Å². The minimum absolute atomic E-state index is 0.593. The van der Waals surface area contributed by atoms with Crippen LogP contribution in [0.2, 0.25) is 0 Å². The van der Waals surface area contributed by atoms with Crippen molar-refractivity contribution in [2.24, 2.45) is 5.92 Å². The van der Waals surface area contributed by atoms with Crippen LogP contribution >= 0.6 is 0 Å². The third-order valence-corrected chi connectivity index (χ3v) is 3.50. The lowest BCUT2D eigenvalue weighted by molar-refractivity contribution is 0.0492. The number of rotatable bonds is 7. The third kappa shape index (κ3) is 4.39. The molecule has 1 aliphatic rings. The van der Waals surface area contributed by atoms with Crippen molar-refractivity contribution in [3.63, 3.8) is 0 Å². The van der Waals surface area contributed by atoms with Crippen molar-refractivity contribution < 1.29 is 14.2 Å². The minimum atomic E-state index is 0.593. The molecule has 0 amide bonds. The molecule has 112 valence electrons. The highest BCUT2D eigenvalue weighted by Gasteiger charge is 2.15. The molecule has 1 saturated heterocycles. The summed E-state index contributed by atoms with van der Waals surface area (Å²) in [7, 11) is 1.94. The molecule has 0 aliphatic carbocycles. The normalized spacial score (nSPS) is 16.1. The Morgan fingerprint density at radius 1 is 1.20 bits per heavy atom. The van der Waals surface area contributed by atoms with Crippen LogP contribution in [0.15, 0.2) is 18.2 Å². The SMILES string of the molecule is CCOc1cc(CNC)ccc1OCC1CCOCC1. The number of hydrogen-bond donors (Lipinski definition) is 1. The maximum atomic E-state index is 5.96. The van der Waals surface area contributed by atoms with Gasteiger partial charge < -0.3 is 19.5 Å². The van der Waals surface area contributed by atoms with Gasteiger partial charge in [0, 0.05) is 19.8 Å². The summed E-state index contributed by atoms with van der Waals surface area (Å²) in [5.41, 5.74) is 1.20. The highest BCUT2D eigenvalue weighted by molar-refractivity contribution is 5.43. The second-order valence-electron chi connectivity index (χ2n) is 5.11. The molecule has 1 aromatic rings. The first-order valence-electron chi connectivity index (χ1n) is 7.44. The van der Waals surface area contributed by atoms with Crippen LogP contribution in [0.3, 0.4) is 0 Å². The molecular formula is C16H25NO3. The molecule has 1 aliphatic heterocycles. The summed E-state index contributed by atoms with van der Waals surface area (Å²) in [5, 5.41) is 3.15. The van der Waals surface area contributed by atoms with Crippen LogP contribution in [-0.4, -0.2) is 33.5 Å². The van der Waals surface area contributed by atoms with Gasteiger partial charge in [-0.25, -0.2) is 0 Å². The second kappa shape index (κ2) is 8.12. The van der Waals surface area contributed by atoms with E-state index in [0.29, 0.717) is 12.5 Å². The van der Waals surface area contributed by atoms with Crippen LogP contribution in [0.1, 0.15) is 25.3 Å². The van der Waals surface area contributed by atoms with Gasteiger partial charge in [0.1, 0.15) is 0 Å². The average Bonchev–Trinajstić information content (AvgIpc) is 2.48. The van der Waals surface area contributed by atoms with E-state index in [1.54, 1.807) is 0 Å². The molecular weight excluding hydrogens is 254 g/mol. The summed E-state index contributed by atoms with van der Waals surface area (Å²) in [4.78, 5) is 0. The standard InChI is InChI=1S/C16H25NO3/c1-3-19-16-10-14(11-17-2)4-5-15(16)20-12-13-6-8-18-9-7-13/h4-5,10,13,17H,3,6-9,11-12H2,1-2H3. The summed E-state index contributed by atoms with van der Waals surface area (Å²) >= 11 is 0. The van der Waals surface area contributed by atoms with Gasteiger partial charge in [-0.1, -0.05) is 6.07 Å². The summed E-state index contributed by atoms with van der Waals surface area (Å²) in [6, 6.07) is 6.15. The Labute approximate surface area is 121 Å². The van der Waals surface area contributed by atoms with Crippen molar-refractivity contribution in [3.8, 4) is 11.5 Å². The highest BCUT2D eigenvalue weighted by atomic mass is 16.5. The van der Waals surface area contributed by atoms with E-state index < -0.39 is 0 Å². The molecule has 1 aromatic carbocycles. The Morgan fingerprint density at radius 2 is 2.00 bits per heavy atom. The van der Waals surface area contributed by atoms with Crippen LogP contribution in [0.4, 0.5) is 0 Å². The van der Waals surface area contributed by atoms with E-state index in [1.165, 1.54) is 5.56 Å². The maximum Gasteiger partial charge on any atom is 0.161 e. The van der Waals surface area contributed by atoms with E-state index in [0.717, 1.165) is 50.7 Å². The zero-order valence-corrected chi connectivity index (χ0v) is 12.5. The summed E-state index contributed by atoms with van der Waals surface area (Å²) in [6.45, 7) is 5.93. The maximum absolute atomic E-state index is 5.96. The fraction of sp³-hybridized carbons (Fsp3) is 0.625. The number of nitrogens with one attached hydrogen (secondary N) is 1. The monoisotopic (exact) mass is 279 g/mol. The first-order valence-corrected chi connectivity index (χ1v) is 7.44. The van der Waals surface area contributed by atoms with Gasteiger partial charge >= 0.3 is 0 Å². The lowest BCUT2D eigenvalue weighted by Crippen LogP contribution is -2.21. The summed E-state index contributed by atoms with van der Waals surface area (Å²) in [6.07, 6.45) is 2.17. The van der Waals surface area contributed by atoms with E-state index in [9.17, 15) is 0 Å². The fourth-order valence-corrected chi connectivity index (χ4v) is 2.37. The molecule has 0 aromatic heterocycles. The van der Waals surface area contributed by atoms with Gasteiger partial charge in [0.15, 0.2) is 11.5 Å². The molecule has 4 heteroatoms. The molecule has 1 N–H and O–H groups in total. The predicted molar refractivity (Wildman–Crippen MR) is 79.4 cm³/mol. The molecule has 2 rings (SSSR count). The molecule has 1 fully saturated rings. The minimum Gasteiger partial charge on any atom is -0.490 e. The van der Waals surface area contributed by atoms with Gasteiger partial charge in [-0.3, -0.25) is 0 Å². The largest absolute Gasteiger partial charge is 0.490 e. The number of ether oxygens (including phenoxy) is 3. The Kier molecular flexibility index (Phi) is 6.15. The van der Waals surface area contributed by atoms with Gasteiger partial charge in [0.2, 0.25) is 0 Å². The second-order valence-corrected chi connectivity index (χ2v) is 5.11. The van der Waals surface area contributed by atoms with Crippen LogP contribution in [0, 0.1) is 5.92 Å². The van der Waals surface area contributed by atoms with E-state index in [1.807, 2.05) is 20.0 Å². The smallest absolute Gasteiger partial charge is 0.161 e. The fourth-order valence-electron chi connectivity index (χ4n) is 2.37. The Balaban J connectivity index is 1.97. The van der Waals surface area contributed by atoms with Gasteiger partial charge in [-0.15, -0.1) is 0 Å². The first-order chi connectivity index (χ1) is 9.83. The zero-order chi connectivity index (χ0) is 14.2. The summed E-state index contributed by atoms with van der Waals surface area (Å²) < 4.78 is 17.0. The quantitative estimate of drug-likeness (QED) is 0.833. The van der Waals surface area contributed by atoms with Crippen LogP contribution < -0.4 is 14.8 Å². The van der Waals surface area contributed by atoms with Gasteiger partial charge in [0.05, 0.1) is 13.2 Å². The average molecular weight is 279 g/mol. The van der Waals surface area contributed by atoms with Crippen LogP contribution in [0.25, 0.3) is 0 Å². The Bertz CT molecular complexity index is 403. The zero-order valence-electron chi connectivity index (χ0n) is 12.5. The van der Waals surface area contributed by atoms with E-state index in [4.69, 9.17) is 14.2 Å². The van der Waals surface area contributed by atoms with Crippen molar-refractivity contribution in [3.05, 3.63) is 23.8 Å². The molecule has 0 atom stereocenters. The lowest BCUT2D eigenvalue weighted by Gasteiger charge is -2.22. The van der Waals surface area contributed by atoms with E-state index in [2.05, 4.69) is 17.4 Å². The van der Waals surface area contributed by atoms with Crippen molar-refractivity contribution in [1.29, 1.82) is 0 Å². The van der Waals surface area contributed by atoms with Crippen LogP contribution in [0.5, 0.6) is 11.5 Å². The van der Waals surface area contributed by atoms with Gasteiger partial charge in [0.25, 0.3) is 0 Å². The van der Waals surface area contributed by atoms with Gasteiger partial charge in [-0.05, 0) is 50.4 Å². The topological polar surface area (TPSA) is 39.7 Å². The Morgan fingerprint density at radius 3 is 2.70 bits per heavy atom. The molecule has 4 nitrogen and oxygen atoms in total. The highest BCUT2D eigenvalue weighted by Crippen LogP contribution is 2.29. The molecule has 0 bridgehead atoms.